The summed E-state index contributed by atoms with van der Waals surface area (Å²) in [5.41, 5.74) is 5.21. The molecule has 5 nitrogen and oxygen atoms in total. The summed E-state index contributed by atoms with van der Waals surface area (Å²) < 4.78 is 23.9. The van der Waals surface area contributed by atoms with Crippen molar-refractivity contribution in [3.8, 4) is 0 Å². The van der Waals surface area contributed by atoms with Gasteiger partial charge in [0.15, 0.2) is 9.84 Å². The highest BCUT2D eigenvalue weighted by Crippen LogP contribution is 2.22. The van der Waals surface area contributed by atoms with Crippen LogP contribution < -0.4 is 11.1 Å². The maximum Gasteiger partial charge on any atom is 0.238 e. The number of nitrogens with two attached hydrogens (primary N) is 1. The van der Waals surface area contributed by atoms with Gasteiger partial charge < -0.3 is 11.1 Å². The van der Waals surface area contributed by atoms with Crippen molar-refractivity contribution in [3.63, 3.8) is 0 Å². The van der Waals surface area contributed by atoms with Crippen molar-refractivity contribution < 1.29 is 13.2 Å². The summed E-state index contributed by atoms with van der Waals surface area (Å²) in [6.07, 6.45) is 2.62. The predicted molar refractivity (Wildman–Crippen MR) is 76.5 cm³/mol. The average Bonchev–Trinajstić information content (AvgIpc) is 2.26. The normalized spacial score (nSPS) is 25.8. The van der Waals surface area contributed by atoms with Gasteiger partial charge >= 0.3 is 0 Å². The molecule has 0 aliphatic carbocycles. The third kappa shape index (κ3) is 4.45. The molecule has 1 rings (SSSR count). The first kappa shape index (κ1) is 16.4. The number of amides is 1. The lowest BCUT2D eigenvalue weighted by Gasteiger charge is -2.33. The molecule has 1 aliphatic heterocycles. The molecule has 1 heterocycles. The lowest BCUT2D eigenvalue weighted by molar-refractivity contribution is -0.122. The van der Waals surface area contributed by atoms with Crippen molar-refractivity contribution in [2.24, 2.45) is 11.7 Å². The number of hydrogen-bond donors (Lipinski definition) is 2. The fraction of sp³-hybridized carbons (Fsp3) is 0.923. The lowest BCUT2D eigenvalue weighted by atomic mass is 9.90. The Balaban J connectivity index is 2.77. The molecule has 1 fully saturated rings. The second-order valence-electron chi connectivity index (χ2n) is 6.20. The Kier molecular flexibility index (Phi) is 5.38. The van der Waals surface area contributed by atoms with Crippen LogP contribution in [0.15, 0.2) is 0 Å². The Bertz CT molecular complexity index is 420. The van der Waals surface area contributed by atoms with Crippen molar-refractivity contribution in [1.82, 2.24) is 5.32 Å². The van der Waals surface area contributed by atoms with Gasteiger partial charge in [-0.3, -0.25) is 4.79 Å². The largest absolute Gasteiger partial charge is 0.349 e. The first-order valence-electron chi connectivity index (χ1n) is 6.94. The summed E-state index contributed by atoms with van der Waals surface area (Å²) in [5.74, 6) is 0.124. The average molecular weight is 290 g/mol. The first-order chi connectivity index (χ1) is 8.70. The van der Waals surface area contributed by atoms with E-state index in [4.69, 9.17) is 5.73 Å². The van der Waals surface area contributed by atoms with Crippen LogP contribution in [-0.2, 0) is 14.6 Å². The molecule has 0 aromatic rings. The number of carbonyl (C=O) groups excluding carboxylic acids is 1. The molecule has 6 heteroatoms. The standard InChI is InChI=1S/C13H26N2O3S/c1-10(2)8-13(3,9-14)15-12(16)11-6-4-5-7-19(11,17)18/h10-11H,4-9,14H2,1-3H3,(H,15,16). The molecule has 1 aliphatic rings. The molecule has 0 aromatic heterocycles. The molecule has 0 spiro atoms. The molecular weight excluding hydrogens is 264 g/mol. The van der Waals surface area contributed by atoms with Gasteiger partial charge in [-0.25, -0.2) is 8.42 Å². The van der Waals surface area contributed by atoms with Crippen molar-refractivity contribution in [3.05, 3.63) is 0 Å². The fourth-order valence-electron chi connectivity index (χ4n) is 2.71. The highest BCUT2D eigenvalue weighted by atomic mass is 32.2. The van der Waals surface area contributed by atoms with Crippen LogP contribution in [0.2, 0.25) is 0 Å². The molecule has 0 saturated carbocycles. The van der Waals surface area contributed by atoms with E-state index in [0.29, 0.717) is 25.3 Å². The van der Waals surface area contributed by atoms with Crippen LogP contribution >= 0.6 is 0 Å². The van der Waals surface area contributed by atoms with Crippen LogP contribution in [-0.4, -0.2) is 37.4 Å². The zero-order valence-electron chi connectivity index (χ0n) is 12.1. The van der Waals surface area contributed by atoms with E-state index in [0.717, 1.165) is 12.8 Å². The summed E-state index contributed by atoms with van der Waals surface area (Å²) >= 11 is 0. The zero-order chi connectivity index (χ0) is 14.7. The van der Waals surface area contributed by atoms with Crippen LogP contribution in [0.1, 0.15) is 46.5 Å². The van der Waals surface area contributed by atoms with E-state index in [1.807, 2.05) is 6.92 Å². The third-order valence-corrected chi connectivity index (χ3v) is 5.78. The van der Waals surface area contributed by atoms with E-state index in [2.05, 4.69) is 19.2 Å². The van der Waals surface area contributed by atoms with Gasteiger partial charge in [-0.1, -0.05) is 20.3 Å². The first-order valence-corrected chi connectivity index (χ1v) is 8.65. The Morgan fingerprint density at radius 1 is 1.42 bits per heavy atom. The van der Waals surface area contributed by atoms with Gasteiger partial charge in [0.2, 0.25) is 5.91 Å². The predicted octanol–water partition coefficient (Wildman–Crippen LogP) is 0.833. The minimum atomic E-state index is -3.28. The third-order valence-electron chi connectivity index (χ3n) is 3.61. The van der Waals surface area contributed by atoms with Crippen molar-refractivity contribution in [2.75, 3.05) is 12.3 Å². The van der Waals surface area contributed by atoms with Gasteiger partial charge in [-0.2, -0.15) is 0 Å². The molecule has 19 heavy (non-hydrogen) atoms. The Labute approximate surface area is 116 Å². The van der Waals surface area contributed by atoms with Gasteiger partial charge in [-0.05, 0) is 32.1 Å². The van der Waals surface area contributed by atoms with Gasteiger partial charge in [0.05, 0.1) is 5.75 Å². The fourth-order valence-corrected chi connectivity index (χ4v) is 4.52. The maximum atomic E-state index is 12.2. The summed E-state index contributed by atoms with van der Waals surface area (Å²) in [4.78, 5) is 12.2. The summed E-state index contributed by atoms with van der Waals surface area (Å²) in [6.45, 7) is 6.29. The van der Waals surface area contributed by atoms with E-state index >= 15 is 0 Å². The molecule has 0 radical (unpaired) electrons. The van der Waals surface area contributed by atoms with E-state index < -0.39 is 20.6 Å². The van der Waals surface area contributed by atoms with Gasteiger partial charge in [-0.15, -0.1) is 0 Å². The molecule has 0 bridgehead atoms. The molecular formula is C13H26N2O3S. The van der Waals surface area contributed by atoms with Gasteiger partial charge in [0.25, 0.3) is 0 Å². The van der Waals surface area contributed by atoms with E-state index in [1.54, 1.807) is 0 Å². The number of nitrogens with one attached hydrogen (secondary N) is 1. The van der Waals surface area contributed by atoms with Gasteiger partial charge in [0, 0.05) is 12.1 Å². The van der Waals surface area contributed by atoms with Crippen LogP contribution in [0, 0.1) is 5.92 Å². The van der Waals surface area contributed by atoms with E-state index in [9.17, 15) is 13.2 Å². The number of carbonyl (C=O) groups is 1. The topological polar surface area (TPSA) is 89.3 Å². The van der Waals surface area contributed by atoms with Gasteiger partial charge in [0.1, 0.15) is 5.25 Å². The smallest absolute Gasteiger partial charge is 0.238 e. The van der Waals surface area contributed by atoms with Crippen molar-refractivity contribution in [1.29, 1.82) is 0 Å². The highest BCUT2D eigenvalue weighted by molar-refractivity contribution is 7.92. The molecule has 3 N–H and O–H groups in total. The highest BCUT2D eigenvalue weighted by Gasteiger charge is 2.37. The summed E-state index contributed by atoms with van der Waals surface area (Å²) in [6, 6.07) is 0. The second kappa shape index (κ2) is 6.22. The monoisotopic (exact) mass is 290 g/mol. The maximum absolute atomic E-state index is 12.2. The molecule has 1 amide bonds. The zero-order valence-corrected chi connectivity index (χ0v) is 12.9. The van der Waals surface area contributed by atoms with E-state index in [-0.39, 0.29) is 11.7 Å². The van der Waals surface area contributed by atoms with Crippen LogP contribution in [0.5, 0.6) is 0 Å². The minimum Gasteiger partial charge on any atom is -0.349 e. The van der Waals surface area contributed by atoms with Crippen LogP contribution in [0.25, 0.3) is 0 Å². The quantitative estimate of drug-likeness (QED) is 0.785. The SMILES string of the molecule is CC(C)CC(C)(CN)NC(=O)C1CCCCS1(=O)=O. The Hall–Kier alpha value is -0.620. The lowest BCUT2D eigenvalue weighted by Crippen LogP contribution is -2.56. The molecule has 1 saturated heterocycles. The Morgan fingerprint density at radius 2 is 2.05 bits per heavy atom. The second-order valence-corrected chi connectivity index (χ2v) is 8.51. The van der Waals surface area contributed by atoms with E-state index in [1.165, 1.54) is 0 Å². The van der Waals surface area contributed by atoms with Crippen molar-refractivity contribution in [2.45, 2.75) is 57.2 Å². The molecule has 112 valence electrons. The van der Waals surface area contributed by atoms with Crippen LogP contribution in [0.4, 0.5) is 0 Å². The Morgan fingerprint density at radius 3 is 2.53 bits per heavy atom. The van der Waals surface area contributed by atoms with Crippen molar-refractivity contribution >= 4 is 15.7 Å². The molecule has 0 aromatic carbocycles. The number of rotatable bonds is 5. The van der Waals surface area contributed by atoms with Crippen LogP contribution in [0.3, 0.4) is 0 Å². The minimum absolute atomic E-state index is 0.120. The number of sulfone groups is 1. The number of hydrogen-bond acceptors (Lipinski definition) is 4. The molecule has 2 atom stereocenters. The molecule has 2 unspecified atom stereocenters. The summed E-state index contributed by atoms with van der Waals surface area (Å²) in [5, 5.41) is 1.97. The summed E-state index contributed by atoms with van der Waals surface area (Å²) in [7, 11) is -3.28.